The van der Waals surface area contributed by atoms with Crippen LogP contribution < -0.4 is 14.8 Å². The third-order valence-corrected chi connectivity index (χ3v) is 3.68. The molecular weight excluding hydrogens is 362 g/mol. The first-order valence-electron chi connectivity index (χ1n) is 7.41. The van der Waals surface area contributed by atoms with E-state index in [0.29, 0.717) is 5.69 Å². The molecule has 0 saturated carbocycles. The normalized spacial score (nSPS) is 9.92. The zero-order chi connectivity index (χ0) is 19.3. The fraction of sp³-hybridized carbons (Fsp3) is 0.176. The highest BCUT2D eigenvalue weighted by Crippen LogP contribution is 2.35. The molecule has 0 fully saturated rings. The highest BCUT2D eigenvalue weighted by molar-refractivity contribution is 6.32. The van der Waals surface area contributed by atoms with Gasteiger partial charge in [-0.05, 0) is 25.1 Å². The van der Waals surface area contributed by atoms with Crippen LogP contribution >= 0.6 is 11.6 Å². The Bertz CT molecular complexity index is 908. The summed E-state index contributed by atoms with van der Waals surface area (Å²) in [6, 6.07) is 8.57. The van der Waals surface area contributed by atoms with Gasteiger partial charge in [-0.15, -0.1) is 0 Å². The number of nitriles is 1. The smallest absolute Gasteiger partial charge is 0.286 e. The summed E-state index contributed by atoms with van der Waals surface area (Å²) in [5, 5.41) is 22.9. The molecule has 0 spiro atoms. The van der Waals surface area contributed by atoms with Crippen LogP contribution in [0, 0.1) is 21.4 Å². The van der Waals surface area contributed by atoms with Gasteiger partial charge in [-0.3, -0.25) is 14.9 Å². The second-order valence-electron chi connectivity index (χ2n) is 4.97. The van der Waals surface area contributed by atoms with Crippen molar-refractivity contribution in [2.45, 2.75) is 6.92 Å². The van der Waals surface area contributed by atoms with E-state index >= 15 is 0 Å². The van der Waals surface area contributed by atoms with Crippen LogP contribution in [0.3, 0.4) is 0 Å². The lowest BCUT2D eigenvalue weighted by Gasteiger charge is -2.12. The molecule has 0 saturated heterocycles. The number of rotatable bonds is 6. The van der Waals surface area contributed by atoms with Gasteiger partial charge in [0, 0.05) is 11.8 Å². The van der Waals surface area contributed by atoms with Gasteiger partial charge in [0.1, 0.15) is 11.6 Å². The molecule has 2 aromatic rings. The Morgan fingerprint density at radius 2 is 2.08 bits per heavy atom. The first-order chi connectivity index (χ1) is 12.4. The number of nitrogens with zero attached hydrogens (tertiary/aromatic N) is 2. The number of methoxy groups -OCH3 is 1. The topological polar surface area (TPSA) is 114 Å². The molecular formula is C17H14ClN3O5. The zero-order valence-corrected chi connectivity index (χ0v) is 14.7. The summed E-state index contributed by atoms with van der Waals surface area (Å²) in [6.07, 6.45) is 0. The molecule has 0 aliphatic heterocycles. The summed E-state index contributed by atoms with van der Waals surface area (Å²) in [5.41, 5.74) is -0.0817. The van der Waals surface area contributed by atoms with Crippen LogP contribution in [-0.4, -0.2) is 24.5 Å². The van der Waals surface area contributed by atoms with Crippen molar-refractivity contribution in [3.63, 3.8) is 0 Å². The number of benzene rings is 2. The number of hydrogen-bond donors (Lipinski definition) is 1. The lowest BCUT2D eigenvalue weighted by Crippen LogP contribution is -2.14. The van der Waals surface area contributed by atoms with Crippen molar-refractivity contribution in [2.24, 2.45) is 0 Å². The molecule has 26 heavy (non-hydrogen) atoms. The predicted octanol–water partition coefficient (Wildman–Crippen LogP) is 3.78. The van der Waals surface area contributed by atoms with Crippen LogP contribution in [0.5, 0.6) is 11.5 Å². The summed E-state index contributed by atoms with van der Waals surface area (Å²) in [7, 11) is 1.37. The first kappa shape index (κ1) is 19.0. The molecule has 0 unspecified atom stereocenters. The highest BCUT2D eigenvalue weighted by Gasteiger charge is 2.25. The van der Waals surface area contributed by atoms with Gasteiger partial charge < -0.3 is 14.8 Å². The van der Waals surface area contributed by atoms with Gasteiger partial charge in [0.25, 0.3) is 11.6 Å². The largest absolute Gasteiger partial charge is 0.493 e. The van der Waals surface area contributed by atoms with E-state index < -0.39 is 16.5 Å². The number of hydrogen-bond acceptors (Lipinski definition) is 6. The Labute approximate surface area is 154 Å². The zero-order valence-electron chi connectivity index (χ0n) is 13.9. The van der Waals surface area contributed by atoms with Gasteiger partial charge in [0.15, 0.2) is 11.5 Å². The van der Waals surface area contributed by atoms with E-state index in [2.05, 4.69) is 5.32 Å². The molecule has 0 radical (unpaired) electrons. The highest BCUT2D eigenvalue weighted by atomic mass is 35.5. The quantitative estimate of drug-likeness (QED) is 0.606. The van der Waals surface area contributed by atoms with Crippen LogP contribution in [0.1, 0.15) is 22.8 Å². The van der Waals surface area contributed by atoms with Crippen LogP contribution in [0.2, 0.25) is 5.02 Å². The summed E-state index contributed by atoms with van der Waals surface area (Å²) in [5.74, 6) is -0.362. The molecule has 134 valence electrons. The van der Waals surface area contributed by atoms with Gasteiger partial charge in [0.05, 0.1) is 35.3 Å². The van der Waals surface area contributed by atoms with Crippen molar-refractivity contribution >= 4 is 28.9 Å². The lowest BCUT2D eigenvalue weighted by atomic mass is 10.1. The molecule has 0 heterocycles. The van der Waals surface area contributed by atoms with Gasteiger partial charge >= 0.3 is 0 Å². The van der Waals surface area contributed by atoms with Crippen LogP contribution in [0.4, 0.5) is 11.4 Å². The van der Waals surface area contributed by atoms with E-state index in [-0.39, 0.29) is 34.3 Å². The van der Waals surface area contributed by atoms with Crippen molar-refractivity contribution < 1.29 is 19.2 Å². The maximum absolute atomic E-state index is 12.5. The summed E-state index contributed by atoms with van der Waals surface area (Å²) in [6.45, 7) is 2.00. The number of ether oxygens (including phenoxy) is 2. The molecule has 2 rings (SSSR count). The molecule has 2 aromatic carbocycles. The van der Waals surface area contributed by atoms with Crippen molar-refractivity contribution in [3.05, 3.63) is 56.6 Å². The number of nitro benzene ring substituents is 1. The maximum atomic E-state index is 12.5. The molecule has 0 aliphatic carbocycles. The van der Waals surface area contributed by atoms with Crippen molar-refractivity contribution in [1.29, 1.82) is 5.26 Å². The molecule has 1 N–H and O–H groups in total. The fourth-order valence-corrected chi connectivity index (χ4v) is 2.41. The molecule has 0 bridgehead atoms. The summed E-state index contributed by atoms with van der Waals surface area (Å²) >= 11 is 5.93. The lowest BCUT2D eigenvalue weighted by molar-refractivity contribution is -0.385. The minimum atomic E-state index is -0.723. The first-order valence-corrected chi connectivity index (χ1v) is 7.79. The SMILES string of the molecule is CCOc1cc([N+](=O)[O-])c(C(=O)Nc2ccc(C#N)c(Cl)c2)cc1OC. The van der Waals surface area contributed by atoms with E-state index in [4.69, 9.17) is 26.3 Å². The number of carbonyl (C=O) groups excluding carboxylic acids is 1. The van der Waals surface area contributed by atoms with E-state index in [1.54, 1.807) is 6.92 Å². The van der Waals surface area contributed by atoms with Gasteiger partial charge in [-0.1, -0.05) is 11.6 Å². The van der Waals surface area contributed by atoms with E-state index in [1.165, 1.54) is 31.4 Å². The van der Waals surface area contributed by atoms with Crippen LogP contribution in [0.25, 0.3) is 0 Å². The van der Waals surface area contributed by atoms with Gasteiger partial charge in [0.2, 0.25) is 0 Å². The average molecular weight is 376 g/mol. The van der Waals surface area contributed by atoms with E-state index in [1.807, 2.05) is 6.07 Å². The van der Waals surface area contributed by atoms with Gasteiger partial charge in [-0.25, -0.2) is 0 Å². The molecule has 0 atom stereocenters. The molecule has 0 aromatic heterocycles. The fourth-order valence-electron chi connectivity index (χ4n) is 2.19. The Balaban J connectivity index is 2.42. The minimum Gasteiger partial charge on any atom is -0.493 e. The van der Waals surface area contributed by atoms with Crippen LogP contribution in [-0.2, 0) is 0 Å². The Morgan fingerprint density at radius 1 is 1.35 bits per heavy atom. The number of nitro groups is 1. The van der Waals surface area contributed by atoms with Crippen molar-refractivity contribution in [2.75, 3.05) is 19.0 Å². The van der Waals surface area contributed by atoms with Crippen molar-refractivity contribution in [1.82, 2.24) is 0 Å². The number of carbonyl (C=O) groups is 1. The van der Waals surface area contributed by atoms with Crippen LogP contribution in [0.15, 0.2) is 30.3 Å². The predicted molar refractivity (Wildman–Crippen MR) is 94.9 cm³/mol. The van der Waals surface area contributed by atoms with E-state index in [9.17, 15) is 14.9 Å². The average Bonchev–Trinajstić information content (AvgIpc) is 2.61. The monoisotopic (exact) mass is 375 g/mol. The minimum absolute atomic E-state index is 0.157. The number of halogens is 1. The van der Waals surface area contributed by atoms with Gasteiger partial charge in [-0.2, -0.15) is 5.26 Å². The molecule has 9 heteroatoms. The summed E-state index contributed by atoms with van der Waals surface area (Å²) < 4.78 is 10.4. The Kier molecular flexibility index (Phi) is 5.98. The van der Waals surface area contributed by atoms with E-state index in [0.717, 1.165) is 6.07 Å². The molecule has 8 nitrogen and oxygen atoms in total. The second kappa shape index (κ2) is 8.18. The third-order valence-electron chi connectivity index (χ3n) is 3.37. The number of nitrogens with one attached hydrogen (secondary N) is 1. The second-order valence-corrected chi connectivity index (χ2v) is 5.38. The number of amides is 1. The maximum Gasteiger partial charge on any atom is 0.286 e. The summed E-state index contributed by atoms with van der Waals surface area (Å²) in [4.78, 5) is 23.2. The Morgan fingerprint density at radius 3 is 2.62 bits per heavy atom. The molecule has 1 amide bonds. The standard InChI is InChI=1S/C17H14ClN3O5/c1-3-26-16-8-14(21(23)24)12(7-15(16)25-2)17(22)20-11-5-4-10(9-19)13(18)6-11/h4-8H,3H2,1-2H3,(H,20,22). The Hall–Kier alpha value is -3.31. The van der Waals surface area contributed by atoms with Crippen molar-refractivity contribution in [3.8, 4) is 17.6 Å². The third kappa shape index (κ3) is 4.02. The molecule has 0 aliphatic rings. The number of anilines is 1.